The summed E-state index contributed by atoms with van der Waals surface area (Å²) >= 11 is 3.20. The molecule has 2 aromatic carbocycles. The molecule has 0 heterocycles. The number of alkyl halides is 6. The Balaban J connectivity index is 2.38. The van der Waals surface area contributed by atoms with Gasteiger partial charge in [-0.3, -0.25) is 0 Å². The van der Waals surface area contributed by atoms with Gasteiger partial charge in [0.1, 0.15) is 0 Å². The molecule has 28 heavy (non-hydrogen) atoms. The van der Waals surface area contributed by atoms with Gasteiger partial charge >= 0.3 is 12.4 Å². The number of aryl methyl sites for hydroxylation is 1. The quantitative estimate of drug-likeness (QED) is 0.561. The third-order valence-electron chi connectivity index (χ3n) is 3.81. The molecule has 0 radical (unpaired) electrons. The second-order valence-corrected chi connectivity index (χ2v) is 8.50. The molecule has 1 N–H and O–H groups in total. The Morgan fingerprint density at radius 3 is 1.93 bits per heavy atom. The summed E-state index contributed by atoms with van der Waals surface area (Å²) in [5.74, 6) is 0. The highest BCUT2D eigenvalue weighted by molar-refractivity contribution is 9.10. The first kappa shape index (κ1) is 22.7. The third kappa shape index (κ3) is 5.48. The van der Waals surface area contributed by atoms with Crippen molar-refractivity contribution in [3.63, 3.8) is 0 Å². The van der Waals surface area contributed by atoms with E-state index in [9.17, 15) is 34.8 Å². The zero-order valence-corrected chi connectivity index (χ0v) is 16.7. The summed E-state index contributed by atoms with van der Waals surface area (Å²) in [6.45, 7) is 0.984. The van der Waals surface area contributed by atoms with E-state index in [-0.39, 0.29) is 11.0 Å². The zero-order chi connectivity index (χ0) is 21.3. The molecule has 0 aliphatic carbocycles. The fraction of sp³-hybridized carbons (Fsp3) is 0.294. The van der Waals surface area contributed by atoms with Gasteiger partial charge in [0, 0.05) is 11.0 Å². The van der Waals surface area contributed by atoms with Crippen LogP contribution >= 0.6 is 15.9 Å². The summed E-state index contributed by atoms with van der Waals surface area (Å²) in [6.07, 6.45) is -9.65. The van der Waals surface area contributed by atoms with Gasteiger partial charge in [0.25, 0.3) is 0 Å². The molecule has 2 rings (SSSR count). The molecule has 0 amide bonds. The predicted octanol–water partition coefficient (Wildman–Crippen LogP) is 5.53. The van der Waals surface area contributed by atoms with E-state index in [2.05, 4.69) is 20.7 Å². The van der Waals surface area contributed by atoms with Crippen LogP contribution in [0.25, 0.3) is 0 Å². The third-order valence-corrected chi connectivity index (χ3v) is 5.80. The van der Waals surface area contributed by atoms with Crippen molar-refractivity contribution in [1.82, 2.24) is 4.72 Å². The monoisotopic (exact) mass is 489 g/mol. The minimum Gasteiger partial charge on any atom is -0.207 e. The summed E-state index contributed by atoms with van der Waals surface area (Å²) in [6, 6.07) is 5.31. The highest BCUT2D eigenvalue weighted by Crippen LogP contribution is 2.36. The maximum absolute atomic E-state index is 12.9. The van der Waals surface area contributed by atoms with Crippen molar-refractivity contribution >= 4 is 26.0 Å². The topological polar surface area (TPSA) is 46.2 Å². The van der Waals surface area contributed by atoms with Gasteiger partial charge in [-0.1, -0.05) is 22.9 Å². The number of rotatable bonds is 5. The molecular weight excluding hydrogens is 476 g/mol. The average Bonchev–Trinajstić information content (AvgIpc) is 2.58. The van der Waals surface area contributed by atoms with Crippen molar-refractivity contribution in [1.29, 1.82) is 0 Å². The molecule has 0 atom stereocenters. The average molecular weight is 490 g/mol. The normalized spacial score (nSPS) is 13.0. The van der Waals surface area contributed by atoms with Crippen LogP contribution in [-0.2, 0) is 35.3 Å². The molecule has 0 spiro atoms. The Labute approximate surface area is 165 Å². The smallest absolute Gasteiger partial charge is 0.207 e. The van der Waals surface area contributed by atoms with Gasteiger partial charge < -0.3 is 0 Å². The van der Waals surface area contributed by atoms with Crippen molar-refractivity contribution < 1.29 is 34.8 Å². The lowest BCUT2D eigenvalue weighted by Crippen LogP contribution is -2.25. The Hall–Kier alpha value is -1.59. The highest BCUT2D eigenvalue weighted by Gasteiger charge is 2.37. The molecule has 0 aliphatic rings. The maximum atomic E-state index is 12.9. The molecule has 154 valence electrons. The van der Waals surface area contributed by atoms with E-state index in [0.29, 0.717) is 28.6 Å². The van der Waals surface area contributed by atoms with Gasteiger partial charge in [-0.2, -0.15) is 26.3 Å². The first-order valence-electron chi connectivity index (χ1n) is 7.80. The van der Waals surface area contributed by atoms with E-state index >= 15 is 0 Å². The van der Waals surface area contributed by atoms with Crippen molar-refractivity contribution in [2.24, 2.45) is 0 Å². The van der Waals surface area contributed by atoms with E-state index in [1.54, 1.807) is 13.0 Å². The first-order valence-corrected chi connectivity index (χ1v) is 10.1. The van der Waals surface area contributed by atoms with Crippen LogP contribution in [0.5, 0.6) is 0 Å². The molecule has 0 unspecified atom stereocenters. The second-order valence-electron chi connectivity index (χ2n) is 5.84. The minimum atomic E-state index is -5.00. The largest absolute Gasteiger partial charge is 0.416 e. The molecule has 0 aromatic heterocycles. The molecule has 0 saturated heterocycles. The van der Waals surface area contributed by atoms with Crippen LogP contribution in [0.4, 0.5) is 26.3 Å². The molecule has 2 aromatic rings. The summed E-state index contributed by atoms with van der Waals surface area (Å²) < 4.78 is 105. The predicted molar refractivity (Wildman–Crippen MR) is 94.0 cm³/mol. The summed E-state index contributed by atoms with van der Waals surface area (Å²) in [7, 11) is -4.15. The van der Waals surface area contributed by atoms with E-state index in [4.69, 9.17) is 0 Å². The summed E-state index contributed by atoms with van der Waals surface area (Å²) in [4.78, 5) is -0.0961. The van der Waals surface area contributed by atoms with Crippen LogP contribution < -0.4 is 4.72 Å². The van der Waals surface area contributed by atoms with E-state index in [1.807, 2.05) is 0 Å². The molecule has 3 nitrogen and oxygen atoms in total. The Morgan fingerprint density at radius 2 is 1.46 bits per heavy atom. The first-order chi connectivity index (χ1) is 12.7. The van der Waals surface area contributed by atoms with Gasteiger partial charge in [-0.05, 0) is 53.9 Å². The molecule has 11 heteroatoms. The van der Waals surface area contributed by atoms with Crippen LogP contribution in [0.3, 0.4) is 0 Å². The van der Waals surface area contributed by atoms with Gasteiger partial charge in [-0.15, -0.1) is 0 Å². The zero-order valence-electron chi connectivity index (χ0n) is 14.2. The standard InChI is InChI=1S/C17H14BrF6NO2S/c1-2-11-7-14(18)3-4-15(11)28(26,27)25-9-10-5-12(16(19,20)21)8-13(6-10)17(22,23)24/h3-8,25H,2,9H2,1H3. The van der Waals surface area contributed by atoms with Crippen molar-refractivity contribution in [2.45, 2.75) is 37.1 Å². The molecular formula is C17H14BrF6NO2S. The summed E-state index contributed by atoms with van der Waals surface area (Å²) in [5.41, 5.74) is -3.02. The number of benzene rings is 2. The van der Waals surface area contributed by atoms with E-state index < -0.39 is 45.6 Å². The Bertz CT molecular complexity index is 938. The van der Waals surface area contributed by atoms with E-state index in [0.717, 1.165) is 0 Å². The maximum Gasteiger partial charge on any atom is 0.416 e. The fourth-order valence-electron chi connectivity index (χ4n) is 2.46. The molecule has 0 fully saturated rings. The van der Waals surface area contributed by atoms with Crippen LogP contribution in [-0.4, -0.2) is 8.42 Å². The number of sulfonamides is 1. The highest BCUT2D eigenvalue weighted by atomic mass is 79.9. The second kappa shape index (κ2) is 8.03. The minimum absolute atomic E-state index is 0.0120. The number of halogens is 7. The lowest BCUT2D eigenvalue weighted by Gasteiger charge is -2.15. The van der Waals surface area contributed by atoms with Crippen molar-refractivity contribution in [2.75, 3.05) is 0 Å². The summed E-state index contributed by atoms with van der Waals surface area (Å²) in [5, 5.41) is 0. The molecule has 0 saturated carbocycles. The molecule has 0 aliphatic heterocycles. The lowest BCUT2D eigenvalue weighted by molar-refractivity contribution is -0.143. The Kier molecular flexibility index (Phi) is 6.51. The van der Waals surface area contributed by atoms with Gasteiger partial charge in [-0.25, -0.2) is 13.1 Å². The van der Waals surface area contributed by atoms with Gasteiger partial charge in [0.05, 0.1) is 16.0 Å². The lowest BCUT2D eigenvalue weighted by atomic mass is 10.0. The molecule has 0 bridgehead atoms. The number of hydrogen-bond donors (Lipinski definition) is 1. The van der Waals surface area contributed by atoms with Crippen LogP contribution in [0.2, 0.25) is 0 Å². The van der Waals surface area contributed by atoms with E-state index in [1.165, 1.54) is 12.1 Å². The van der Waals surface area contributed by atoms with Crippen molar-refractivity contribution in [3.05, 3.63) is 63.1 Å². The number of hydrogen-bond acceptors (Lipinski definition) is 2. The van der Waals surface area contributed by atoms with Gasteiger partial charge in [0.15, 0.2) is 0 Å². The van der Waals surface area contributed by atoms with Gasteiger partial charge in [0.2, 0.25) is 10.0 Å². The van der Waals surface area contributed by atoms with Crippen molar-refractivity contribution in [3.8, 4) is 0 Å². The fourth-order valence-corrected chi connectivity index (χ4v) is 4.18. The van der Waals surface area contributed by atoms with Crippen LogP contribution in [0.1, 0.15) is 29.2 Å². The van der Waals surface area contributed by atoms with Crippen LogP contribution in [0, 0.1) is 0 Å². The van der Waals surface area contributed by atoms with Crippen LogP contribution in [0.15, 0.2) is 45.8 Å². The SMILES string of the molecule is CCc1cc(Br)ccc1S(=O)(=O)NCc1cc(C(F)(F)F)cc(C(F)(F)F)c1. The number of nitrogens with one attached hydrogen (secondary N) is 1. The Morgan fingerprint density at radius 1 is 0.929 bits per heavy atom.